The Morgan fingerprint density at radius 1 is 0.769 bits per heavy atom. The molecule has 0 spiro atoms. The van der Waals surface area contributed by atoms with Gasteiger partial charge in [0.05, 0.1) is 6.61 Å². The molecule has 144 valence electrons. The summed E-state index contributed by atoms with van der Waals surface area (Å²) in [4.78, 5) is 11.2. The van der Waals surface area contributed by atoms with Crippen LogP contribution in [0, 0.1) is 0 Å². The van der Waals surface area contributed by atoms with E-state index in [4.69, 9.17) is 11.6 Å². The van der Waals surface area contributed by atoms with E-state index in [9.17, 15) is 4.79 Å². The Balaban J connectivity index is 3.76. The van der Waals surface area contributed by atoms with E-state index in [0.717, 1.165) is 31.8 Å². The molecule has 0 rings (SSSR count). The summed E-state index contributed by atoms with van der Waals surface area (Å²) < 4.78 is 41.1. The zero-order chi connectivity index (χ0) is 23.4. The Bertz CT molecular complexity index is 653. The molecule has 0 unspecified atom stereocenters. The first kappa shape index (κ1) is 16.1. The van der Waals surface area contributed by atoms with Crippen molar-refractivity contribution in [3.05, 3.63) is 72.9 Å². The second-order valence-corrected chi connectivity index (χ2v) is 5.43. The van der Waals surface area contributed by atoms with Crippen LogP contribution in [0.1, 0.15) is 71.9 Å². The number of carbonyl (C=O) groups is 1. The third-order valence-corrected chi connectivity index (χ3v) is 3.22. The first-order chi connectivity index (χ1) is 14.7. The highest BCUT2D eigenvalue weighted by atomic mass is 16.5. The molecule has 0 amide bonds. The maximum absolute atomic E-state index is 11.2. The normalized spacial score (nSPS) is 16.7. The van der Waals surface area contributed by atoms with E-state index in [-0.39, 0.29) is 5.97 Å². The van der Waals surface area contributed by atoms with Crippen LogP contribution in [-0.2, 0) is 9.53 Å². The van der Waals surface area contributed by atoms with E-state index in [0.29, 0.717) is 25.9 Å². The predicted molar refractivity (Wildman–Crippen MR) is 114 cm³/mol. The van der Waals surface area contributed by atoms with E-state index < -0.39 is 13.2 Å². The quantitative estimate of drug-likeness (QED) is 0.231. The minimum atomic E-state index is -2.64. The lowest BCUT2D eigenvalue weighted by molar-refractivity contribution is -0.142. The Morgan fingerprint density at radius 3 is 1.62 bits per heavy atom. The van der Waals surface area contributed by atoms with E-state index >= 15 is 0 Å². The lowest BCUT2D eigenvalue weighted by Crippen LogP contribution is -2.02. The van der Waals surface area contributed by atoms with Crippen LogP contribution in [0.5, 0.6) is 0 Å². The highest BCUT2D eigenvalue weighted by molar-refractivity contribution is 5.69. The topological polar surface area (TPSA) is 26.3 Å². The summed E-state index contributed by atoms with van der Waals surface area (Å²) in [6.07, 6.45) is 25.9. The van der Waals surface area contributed by atoms with Gasteiger partial charge in [0.15, 0.2) is 0 Å². The number of hydrogen-bond acceptors (Lipinski definition) is 2. The van der Waals surface area contributed by atoms with Crippen molar-refractivity contribution >= 4 is 5.97 Å². The van der Waals surface area contributed by atoms with Crippen LogP contribution in [0.3, 0.4) is 0 Å². The van der Waals surface area contributed by atoms with Gasteiger partial charge in [0, 0.05) is 13.3 Å². The van der Waals surface area contributed by atoms with Crippen molar-refractivity contribution in [2.45, 2.75) is 65.1 Å². The standard InChI is InChI=1S/C24H36O2/c1-3-5-6-7-8-9-10-11-12-13-14-15-16-17-18-19-20-21-22-23-24(25)26-4-2/h5-6,8-9,11-12,14-15,17-18,20-21H,3-4,7,10,13,16,19,22-23H2,1-2H3/i1D3,3D2. The van der Waals surface area contributed by atoms with Gasteiger partial charge in [0.1, 0.15) is 0 Å². The van der Waals surface area contributed by atoms with Gasteiger partial charge in [0.2, 0.25) is 0 Å². The fourth-order valence-corrected chi connectivity index (χ4v) is 1.94. The smallest absolute Gasteiger partial charge is 0.306 e. The lowest BCUT2D eigenvalue weighted by Gasteiger charge is -1.97. The average molecular weight is 362 g/mol. The second kappa shape index (κ2) is 21.0. The Kier molecular flexibility index (Phi) is 13.0. The number of allylic oxidation sites excluding steroid dienone is 12. The first-order valence-electron chi connectivity index (χ1n) is 11.8. The zero-order valence-corrected chi connectivity index (χ0v) is 15.9. The van der Waals surface area contributed by atoms with Crippen LogP contribution in [0.2, 0.25) is 0 Å². The molecule has 0 aromatic heterocycles. The van der Waals surface area contributed by atoms with Gasteiger partial charge in [-0.3, -0.25) is 4.79 Å². The molecule has 0 fully saturated rings. The molecule has 0 aliphatic carbocycles. The highest BCUT2D eigenvalue weighted by Gasteiger charge is 1.97. The highest BCUT2D eigenvalue weighted by Crippen LogP contribution is 1.98. The summed E-state index contributed by atoms with van der Waals surface area (Å²) in [5.41, 5.74) is 0. The fraction of sp³-hybridized carbons (Fsp3) is 0.458. The predicted octanol–water partition coefficient (Wildman–Crippen LogP) is 7.03. The number of hydrogen-bond donors (Lipinski definition) is 0. The molecule has 0 saturated heterocycles. The van der Waals surface area contributed by atoms with Crippen molar-refractivity contribution in [3.63, 3.8) is 0 Å². The first-order valence-corrected chi connectivity index (χ1v) is 9.29. The van der Waals surface area contributed by atoms with E-state index in [1.807, 2.05) is 25.2 Å². The van der Waals surface area contributed by atoms with Crippen molar-refractivity contribution < 1.29 is 16.4 Å². The van der Waals surface area contributed by atoms with Crippen LogP contribution in [0.25, 0.3) is 0 Å². The lowest BCUT2D eigenvalue weighted by atomic mass is 10.2. The van der Waals surface area contributed by atoms with Gasteiger partial charge in [-0.2, -0.15) is 0 Å². The summed E-state index contributed by atoms with van der Waals surface area (Å²) in [5.74, 6) is -0.149. The molecule has 0 atom stereocenters. The fourth-order valence-electron chi connectivity index (χ4n) is 1.94. The summed E-state index contributed by atoms with van der Waals surface area (Å²) in [6, 6.07) is 0. The Morgan fingerprint density at radius 2 is 1.19 bits per heavy atom. The van der Waals surface area contributed by atoms with Crippen molar-refractivity contribution in [1.82, 2.24) is 0 Å². The molecule has 0 bridgehead atoms. The molecule has 0 aromatic rings. The number of carbonyl (C=O) groups excluding carboxylic acids is 1. The zero-order valence-electron chi connectivity index (χ0n) is 20.9. The van der Waals surface area contributed by atoms with Gasteiger partial charge in [-0.05, 0) is 51.8 Å². The minimum Gasteiger partial charge on any atom is -0.466 e. The molecular formula is C24H36O2. The molecule has 26 heavy (non-hydrogen) atoms. The molecule has 0 radical (unpaired) electrons. The van der Waals surface area contributed by atoms with Crippen molar-refractivity contribution in [2.24, 2.45) is 0 Å². The monoisotopic (exact) mass is 361 g/mol. The van der Waals surface area contributed by atoms with E-state index in [1.54, 1.807) is 6.08 Å². The second-order valence-electron chi connectivity index (χ2n) is 5.43. The van der Waals surface area contributed by atoms with Crippen molar-refractivity contribution in [3.8, 4) is 0 Å². The number of esters is 1. The summed E-state index contributed by atoms with van der Waals surface area (Å²) in [6.45, 7) is -0.395. The molecule has 2 heteroatoms. The van der Waals surface area contributed by atoms with E-state index in [2.05, 4.69) is 42.5 Å². The SMILES string of the molecule is [2H]C([2H])([2H])C([2H])([2H])C=CCC=CCC=CCC=CCC=CCC=CCCC(=O)OCC. The molecule has 0 aliphatic rings. The maximum Gasteiger partial charge on any atom is 0.306 e. The Hall–Kier alpha value is -2.09. The maximum atomic E-state index is 11.2. The average Bonchev–Trinajstić information content (AvgIpc) is 2.69. The van der Waals surface area contributed by atoms with Gasteiger partial charge < -0.3 is 4.74 Å². The summed E-state index contributed by atoms with van der Waals surface area (Å²) in [7, 11) is 0. The third kappa shape index (κ3) is 20.0. The molecule has 0 N–H and O–H groups in total. The van der Waals surface area contributed by atoms with Gasteiger partial charge in [0.25, 0.3) is 0 Å². The number of rotatable bonds is 15. The van der Waals surface area contributed by atoms with Crippen LogP contribution in [-0.4, -0.2) is 12.6 Å². The van der Waals surface area contributed by atoms with Crippen molar-refractivity contribution in [1.29, 1.82) is 0 Å². The molecule has 0 heterocycles. The van der Waals surface area contributed by atoms with E-state index in [1.165, 1.54) is 0 Å². The molecule has 2 nitrogen and oxygen atoms in total. The largest absolute Gasteiger partial charge is 0.466 e. The van der Waals surface area contributed by atoms with Crippen LogP contribution in [0.4, 0.5) is 0 Å². The summed E-state index contributed by atoms with van der Waals surface area (Å²) >= 11 is 0. The van der Waals surface area contributed by atoms with Gasteiger partial charge >= 0.3 is 5.97 Å². The van der Waals surface area contributed by atoms with Gasteiger partial charge in [-0.15, -0.1) is 0 Å². The van der Waals surface area contributed by atoms with Crippen molar-refractivity contribution in [2.75, 3.05) is 6.61 Å². The van der Waals surface area contributed by atoms with Crippen LogP contribution >= 0.6 is 0 Å². The van der Waals surface area contributed by atoms with Gasteiger partial charge in [-0.1, -0.05) is 79.8 Å². The van der Waals surface area contributed by atoms with Crippen LogP contribution < -0.4 is 0 Å². The molecular weight excluding hydrogens is 320 g/mol. The van der Waals surface area contributed by atoms with Crippen LogP contribution in [0.15, 0.2) is 72.9 Å². The Labute approximate surface area is 167 Å². The molecule has 0 aliphatic heterocycles. The van der Waals surface area contributed by atoms with Gasteiger partial charge in [-0.25, -0.2) is 0 Å². The molecule has 0 aromatic carbocycles. The minimum absolute atomic E-state index is 0.149. The third-order valence-electron chi connectivity index (χ3n) is 3.22. The summed E-state index contributed by atoms with van der Waals surface area (Å²) in [5, 5.41) is 0. The molecule has 0 saturated carbocycles. The number of ether oxygens (including phenoxy) is 1.